The van der Waals surface area contributed by atoms with Gasteiger partial charge in [0, 0.05) is 22.7 Å². The molecule has 2 aromatic rings. The van der Waals surface area contributed by atoms with Gasteiger partial charge in [0.1, 0.15) is 0 Å². The molecule has 0 aliphatic heterocycles. The molecule has 25 heavy (non-hydrogen) atoms. The van der Waals surface area contributed by atoms with Gasteiger partial charge in [-0.2, -0.15) is 0 Å². The fourth-order valence-corrected chi connectivity index (χ4v) is 4.30. The van der Waals surface area contributed by atoms with Gasteiger partial charge in [0.05, 0.1) is 4.88 Å². The first kappa shape index (κ1) is 17.7. The van der Waals surface area contributed by atoms with E-state index in [1.165, 1.54) is 36.1 Å². The van der Waals surface area contributed by atoms with E-state index in [2.05, 4.69) is 10.6 Å². The van der Waals surface area contributed by atoms with Crippen LogP contribution in [0.4, 0.5) is 5.69 Å². The fraction of sp³-hybridized carbons (Fsp3) is 0.400. The van der Waals surface area contributed by atoms with Crippen molar-refractivity contribution in [2.45, 2.75) is 45.4 Å². The van der Waals surface area contributed by atoms with Crippen LogP contribution in [0, 0.1) is 0 Å². The highest BCUT2D eigenvalue weighted by Gasteiger charge is 2.16. The number of carbonyl (C=O) groups excluding carboxylic acids is 2. The van der Waals surface area contributed by atoms with Crippen LogP contribution in [0.3, 0.4) is 0 Å². The maximum absolute atomic E-state index is 12.6. The number of benzene rings is 1. The molecule has 1 aromatic heterocycles. The van der Waals surface area contributed by atoms with E-state index in [0.29, 0.717) is 17.8 Å². The maximum atomic E-state index is 12.6. The van der Waals surface area contributed by atoms with Gasteiger partial charge in [-0.15, -0.1) is 11.3 Å². The summed E-state index contributed by atoms with van der Waals surface area (Å²) in [4.78, 5) is 26.7. The second kappa shape index (κ2) is 8.30. The maximum Gasteiger partial charge on any atom is 0.265 e. The third-order valence-corrected chi connectivity index (χ3v) is 5.68. The summed E-state index contributed by atoms with van der Waals surface area (Å²) in [6.45, 7) is 2.46. The molecule has 0 saturated carbocycles. The van der Waals surface area contributed by atoms with Gasteiger partial charge in [-0.05, 0) is 62.4 Å². The van der Waals surface area contributed by atoms with Crippen molar-refractivity contribution in [3.63, 3.8) is 0 Å². The fourth-order valence-electron chi connectivity index (χ4n) is 3.15. The molecule has 0 atom stereocenters. The first-order valence-corrected chi connectivity index (χ1v) is 9.80. The molecule has 1 aliphatic rings. The molecule has 0 fully saturated rings. The number of rotatable bonds is 4. The summed E-state index contributed by atoms with van der Waals surface area (Å²) >= 11 is 1.61. The van der Waals surface area contributed by atoms with Crippen molar-refractivity contribution in [2.24, 2.45) is 0 Å². The summed E-state index contributed by atoms with van der Waals surface area (Å²) < 4.78 is 0. The highest BCUT2D eigenvalue weighted by molar-refractivity contribution is 7.14. The lowest BCUT2D eigenvalue weighted by Crippen LogP contribution is -2.22. The van der Waals surface area contributed by atoms with Crippen molar-refractivity contribution < 1.29 is 9.59 Å². The summed E-state index contributed by atoms with van der Waals surface area (Å²) in [5.41, 5.74) is 2.54. The largest absolute Gasteiger partial charge is 0.352 e. The molecule has 5 heteroatoms. The van der Waals surface area contributed by atoms with E-state index in [9.17, 15) is 9.59 Å². The van der Waals surface area contributed by atoms with Gasteiger partial charge >= 0.3 is 0 Å². The zero-order valence-corrected chi connectivity index (χ0v) is 15.4. The van der Waals surface area contributed by atoms with E-state index in [4.69, 9.17) is 0 Å². The molecule has 0 bridgehead atoms. The predicted octanol–water partition coefficient (Wildman–Crippen LogP) is 4.41. The lowest BCUT2D eigenvalue weighted by molar-refractivity contribution is 0.0954. The molecule has 2 N–H and O–H groups in total. The third kappa shape index (κ3) is 4.48. The number of carbonyl (C=O) groups is 2. The monoisotopic (exact) mass is 356 g/mol. The number of hydrogen-bond donors (Lipinski definition) is 2. The highest BCUT2D eigenvalue weighted by atomic mass is 32.1. The molecule has 0 saturated heterocycles. The molecule has 4 nitrogen and oxygen atoms in total. The number of hydrogen-bond acceptors (Lipinski definition) is 3. The Morgan fingerprint density at radius 3 is 2.64 bits per heavy atom. The summed E-state index contributed by atoms with van der Waals surface area (Å²) in [6.07, 6.45) is 7.14. The Bertz CT molecular complexity index is 741. The Labute approximate surface area is 152 Å². The molecule has 3 rings (SSSR count). The molecular weight excluding hydrogens is 332 g/mol. The zero-order valence-electron chi connectivity index (χ0n) is 14.6. The quantitative estimate of drug-likeness (QED) is 0.852. The normalized spacial score (nSPS) is 14.1. The summed E-state index contributed by atoms with van der Waals surface area (Å²) in [7, 11) is 0. The third-order valence-electron chi connectivity index (χ3n) is 4.44. The van der Waals surface area contributed by atoms with Gasteiger partial charge in [-0.1, -0.05) is 18.9 Å². The average molecular weight is 356 g/mol. The lowest BCUT2D eigenvalue weighted by atomic mass is 10.00. The lowest BCUT2D eigenvalue weighted by Gasteiger charge is -2.07. The number of aryl methyl sites for hydroxylation is 2. The Kier molecular flexibility index (Phi) is 5.87. The van der Waals surface area contributed by atoms with Crippen LogP contribution < -0.4 is 10.6 Å². The Morgan fingerprint density at radius 1 is 1.04 bits per heavy atom. The van der Waals surface area contributed by atoms with E-state index >= 15 is 0 Å². The predicted molar refractivity (Wildman–Crippen MR) is 103 cm³/mol. The van der Waals surface area contributed by atoms with Crippen LogP contribution in [0.15, 0.2) is 30.3 Å². The van der Waals surface area contributed by atoms with Crippen molar-refractivity contribution >= 4 is 28.8 Å². The number of anilines is 1. The van der Waals surface area contributed by atoms with Crippen molar-refractivity contribution in [2.75, 3.05) is 11.9 Å². The Morgan fingerprint density at radius 2 is 1.84 bits per heavy atom. The van der Waals surface area contributed by atoms with E-state index in [1.54, 1.807) is 29.5 Å². The zero-order chi connectivity index (χ0) is 17.6. The van der Waals surface area contributed by atoms with E-state index < -0.39 is 0 Å². The minimum absolute atomic E-state index is 0.0928. The molecule has 132 valence electrons. The molecular formula is C20H24N2O2S. The van der Waals surface area contributed by atoms with E-state index in [-0.39, 0.29) is 11.8 Å². The molecule has 0 radical (unpaired) electrons. The molecule has 2 amide bonds. The van der Waals surface area contributed by atoms with Crippen molar-refractivity contribution in [1.29, 1.82) is 0 Å². The van der Waals surface area contributed by atoms with Crippen LogP contribution in [-0.2, 0) is 12.8 Å². The molecule has 0 spiro atoms. The Balaban J connectivity index is 1.73. The van der Waals surface area contributed by atoms with Gasteiger partial charge in [0.25, 0.3) is 11.8 Å². The topological polar surface area (TPSA) is 58.2 Å². The summed E-state index contributed by atoms with van der Waals surface area (Å²) in [6, 6.07) is 9.11. The van der Waals surface area contributed by atoms with Crippen LogP contribution in [0.2, 0.25) is 0 Å². The SMILES string of the molecule is CCNC(=O)c1cccc(NC(=O)c2cc3c(s2)CCCCCC3)c1. The smallest absolute Gasteiger partial charge is 0.265 e. The summed E-state index contributed by atoms with van der Waals surface area (Å²) in [5, 5.41) is 5.70. The minimum Gasteiger partial charge on any atom is -0.352 e. The first-order chi connectivity index (χ1) is 12.2. The van der Waals surface area contributed by atoms with Gasteiger partial charge in [-0.3, -0.25) is 9.59 Å². The van der Waals surface area contributed by atoms with Gasteiger partial charge in [-0.25, -0.2) is 0 Å². The van der Waals surface area contributed by atoms with Crippen LogP contribution in [0.25, 0.3) is 0 Å². The van der Waals surface area contributed by atoms with Gasteiger partial charge in [0.2, 0.25) is 0 Å². The minimum atomic E-state index is -0.127. The van der Waals surface area contributed by atoms with Gasteiger partial charge < -0.3 is 10.6 Å². The van der Waals surface area contributed by atoms with Gasteiger partial charge in [0.15, 0.2) is 0 Å². The molecule has 1 aromatic carbocycles. The van der Waals surface area contributed by atoms with Crippen LogP contribution in [-0.4, -0.2) is 18.4 Å². The van der Waals surface area contributed by atoms with Crippen LogP contribution >= 0.6 is 11.3 Å². The number of amides is 2. The van der Waals surface area contributed by atoms with Crippen molar-refractivity contribution in [3.05, 3.63) is 51.2 Å². The number of nitrogens with one attached hydrogen (secondary N) is 2. The molecule has 0 unspecified atom stereocenters. The molecule has 1 heterocycles. The standard InChI is InChI=1S/C20H24N2O2S/c1-2-21-19(23)15-9-7-10-16(12-15)22-20(24)18-13-14-8-5-3-4-6-11-17(14)25-18/h7,9-10,12-13H,2-6,8,11H2,1H3,(H,21,23)(H,22,24). The highest BCUT2D eigenvalue weighted by Crippen LogP contribution is 2.29. The Hall–Kier alpha value is -2.14. The van der Waals surface area contributed by atoms with Crippen LogP contribution in [0.5, 0.6) is 0 Å². The van der Waals surface area contributed by atoms with Crippen molar-refractivity contribution in [1.82, 2.24) is 5.32 Å². The number of thiophene rings is 1. The second-order valence-electron chi connectivity index (χ2n) is 6.37. The average Bonchev–Trinajstić information content (AvgIpc) is 2.97. The van der Waals surface area contributed by atoms with E-state index in [0.717, 1.165) is 17.7 Å². The number of fused-ring (bicyclic) bond motifs is 1. The van der Waals surface area contributed by atoms with Crippen molar-refractivity contribution in [3.8, 4) is 0 Å². The van der Waals surface area contributed by atoms with Crippen LogP contribution in [0.1, 0.15) is 63.1 Å². The molecule has 1 aliphatic carbocycles. The first-order valence-electron chi connectivity index (χ1n) is 8.98. The van der Waals surface area contributed by atoms with E-state index in [1.807, 2.05) is 19.1 Å². The summed E-state index contributed by atoms with van der Waals surface area (Å²) in [5.74, 6) is -0.220. The second-order valence-corrected chi connectivity index (χ2v) is 7.50.